The Bertz CT molecular complexity index is 988. The standard InChI is InChI=1S/C25H32N2O5/c1-15-21(24(29)27-8-10-32-11-9-27)22(17-7-6-16(30-4)12-20(17)31-5)23-18(26-15)13-25(2,3)14-19(23)28/h6-7,12,22-23H,8-11,13-14H2,1-5H3. The number of carbonyl (C=O) groups is 2. The van der Waals surface area contributed by atoms with Gasteiger partial charge in [-0.15, -0.1) is 0 Å². The molecule has 2 fully saturated rings. The predicted molar refractivity (Wildman–Crippen MR) is 121 cm³/mol. The van der Waals surface area contributed by atoms with Gasteiger partial charge < -0.3 is 19.1 Å². The number of benzene rings is 1. The minimum Gasteiger partial charge on any atom is -0.497 e. The topological polar surface area (TPSA) is 77.4 Å². The Morgan fingerprint density at radius 1 is 1.12 bits per heavy atom. The lowest BCUT2D eigenvalue weighted by molar-refractivity contribution is -0.131. The number of methoxy groups -OCH3 is 2. The van der Waals surface area contributed by atoms with Crippen LogP contribution in [0.15, 0.2) is 34.5 Å². The predicted octanol–water partition coefficient (Wildman–Crippen LogP) is 3.38. The first kappa shape index (κ1) is 22.5. The normalized spacial score (nSPS) is 25.2. The van der Waals surface area contributed by atoms with Gasteiger partial charge in [0.2, 0.25) is 0 Å². The number of Topliss-reactive ketones (excluding diaryl/α,β-unsaturated/α-hetero) is 1. The second kappa shape index (κ2) is 8.70. The molecule has 7 heteroatoms. The number of ketones is 1. The number of fused-ring (bicyclic) bond motifs is 1. The summed E-state index contributed by atoms with van der Waals surface area (Å²) in [4.78, 5) is 33.9. The van der Waals surface area contributed by atoms with Crippen LogP contribution in [0.3, 0.4) is 0 Å². The van der Waals surface area contributed by atoms with Gasteiger partial charge in [0.05, 0.1) is 33.4 Å². The van der Waals surface area contributed by atoms with Gasteiger partial charge in [-0.25, -0.2) is 0 Å². The third kappa shape index (κ3) is 4.06. The van der Waals surface area contributed by atoms with Crippen molar-refractivity contribution in [1.82, 2.24) is 4.90 Å². The number of hydrogen-bond acceptors (Lipinski definition) is 6. The number of aliphatic imine (C=N–C) groups is 1. The Hall–Kier alpha value is -2.67. The monoisotopic (exact) mass is 440 g/mol. The van der Waals surface area contributed by atoms with Crippen LogP contribution in [0.4, 0.5) is 0 Å². The summed E-state index contributed by atoms with van der Waals surface area (Å²) >= 11 is 0. The van der Waals surface area contributed by atoms with Gasteiger partial charge in [0, 0.05) is 54.0 Å². The number of hydrogen-bond donors (Lipinski definition) is 0. The number of carbonyl (C=O) groups excluding carboxylic acids is 2. The van der Waals surface area contributed by atoms with Crippen molar-refractivity contribution < 1.29 is 23.8 Å². The number of amides is 1. The van der Waals surface area contributed by atoms with E-state index in [0.29, 0.717) is 55.5 Å². The van der Waals surface area contributed by atoms with Gasteiger partial charge in [0.25, 0.3) is 5.91 Å². The molecule has 0 radical (unpaired) electrons. The summed E-state index contributed by atoms with van der Waals surface area (Å²) in [6, 6.07) is 5.58. The smallest absolute Gasteiger partial charge is 0.252 e. The molecule has 0 bridgehead atoms. The second-order valence-corrected chi connectivity index (χ2v) is 9.55. The molecule has 0 N–H and O–H groups in total. The Kier molecular flexibility index (Phi) is 6.12. The van der Waals surface area contributed by atoms with Gasteiger partial charge in [-0.05, 0) is 24.8 Å². The molecule has 4 rings (SSSR count). The molecule has 2 atom stereocenters. The largest absolute Gasteiger partial charge is 0.497 e. The van der Waals surface area contributed by atoms with Gasteiger partial charge in [-0.3, -0.25) is 14.6 Å². The fourth-order valence-corrected chi connectivity index (χ4v) is 5.22. The number of nitrogens with zero attached hydrogens (tertiary/aromatic N) is 2. The van der Waals surface area contributed by atoms with Crippen LogP contribution >= 0.6 is 0 Å². The van der Waals surface area contributed by atoms with Crippen LogP contribution in [-0.4, -0.2) is 62.8 Å². The molecule has 0 spiro atoms. The highest BCUT2D eigenvalue weighted by Gasteiger charge is 2.48. The molecule has 1 aromatic rings. The van der Waals surface area contributed by atoms with E-state index < -0.39 is 11.8 Å². The van der Waals surface area contributed by atoms with Crippen molar-refractivity contribution in [2.24, 2.45) is 16.3 Å². The number of rotatable bonds is 4. The Morgan fingerprint density at radius 3 is 2.50 bits per heavy atom. The first-order valence-corrected chi connectivity index (χ1v) is 11.2. The molecule has 1 aromatic carbocycles. The molecule has 2 aliphatic heterocycles. The SMILES string of the molecule is COc1ccc(C2C(C(=O)N3CCOCC3)=C(C)N=C3CC(C)(C)CC(=O)C32)c(OC)c1. The zero-order chi connectivity index (χ0) is 23.0. The minimum atomic E-state index is -0.464. The van der Waals surface area contributed by atoms with Gasteiger partial charge >= 0.3 is 0 Å². The Balaban J connectivity index is 1.87. The van der Waals surface area contributed by atoms with Crippen LogP contribution < -0.4 is 9.47 Å². The molecule has 32 heavy (non-hydrogen) atoms. The summed E-state index contributed by atoms with van der Waals surface area (Å²) in [5.41, 5.74) is 2.80. The van der Waals surface area contributed by atoms with Crippen molar-refractivity contribution in [1.29, 1.82) is 0 Å². The van der Waals surface area contributed by atoms with Crippen LogP contribution in [0.5, 0.6) is 11.5 Å². The molecule has 1 saturated heterocycles. The van der Waals surface area contributed by atoms with Crippen molar-refractivity contribution in [3.63, 3.8) is 0 Å². The molecular formula is C25H32N2O5. The fraction of sp³-hybridized carbons (Fsp3) is 0.560. The summed E-state index contributed by atoms with van der Waals surface area (Å²) in [6.07, 6.45) is 1.19. The molecule has 1 amide bonds. The average molecular weight is 441 g/mol. The Morgan fingerprint density at radius 2 is 1.84 bits per heavy atom. The molecule has 2 heterocycles. The maximum Gasteiger partial charge on any atom is 0.252 e. The molecule has 1 saturated carbocycles. The van der Waals surface area contributed by atoms with Gasteiger partial charge in [-0.2, -0.15) is 0 Å². The van der Waals surface area contributed by atoms with E-state index in [2.05, 4.69) is 13.8 Å². The van der Waals surface area contributed by atoms with E-state index in [9.17, 15) is 9.59 Å². The van der Waals surface area contributed by atoms with Crippen molar-refractivity contribution >= 4 is 17.4 Å². The first-order valence-electron chi connectivity index (χ1n) is 11.2. The zero-order valence-electron chi connectivity index (χ0n) is 19.6. The van der Waals surface area contributed by atoms with Gasteiger partial charge in [-0.1, -0.05) is 19.9 Å². The lowest BCUT2D eigenvalue weighted by Gasteiger charge is -2.42. The van der Waals surface area contributed by atoms with Crippen molar-refractivity contribution in [2.45, 2.75) is 39.5 Å². The average Bonchev–Trinajstić information content (AvgIpc) is 2.77. The molecule has 7 nitrogen and oxygen atoms in total. The van der Waals surface area contributed by atoms with Gasteiger partial charge in [0.15, 0.2) is 0 Å². The highest BCUT2D eigenvalue weighted by atomic mass is 16.5. The van der Waals surface area contributed by atoms with Crippen LogP contribution in [0.1, 0.15) is 45.1 Å². The summed E-state index contributed by atoms with van der Waals surface area (Å²) in [5, 5.41) is 0. The van der Waals surface area contributed by atoms with Crippen LogP contribution in [0.25, 0.3) is 0 Å². The maximum atomic E-state index is 13.7. The number of ether oxygens (including phenoxy) is 3. The molecule has 0 aromatic heterocycles. The van der Waals surface area contributed by atoms with Crippen LogP contribution in [0.2, 0.25) is 0 Å². The molecular weight excluding hydrogens is 408 g/mol. The molecule has 2 unspecified atom stereocenters. The van der Waals surface area contributed by atoms with E-state index in [1.54, 1.807) is 14.2 Å². The highest BCUT2D eigenvalue weighted by molar-refractivity contribution is 6.12. The third-order valence-corrected chi connectivity index (χ3v) is 6.67. The van der Waals surface area contributed by atoms with E-state index in [1.165, 1.54) is 0 Å². The molecule has 1 aliphatic carbocycles. The van der Waals surface area contributed by atoms with Crippen molar-refractivity contribution in [3.8, 4) is 11.5 Å². The minimum absolute atomic E-state index is 0.0749. The fourth-order valence-electron chi connectivity index (χ4n) is 5.22. The molecule has 172 valence electrons. The lowest BCUT2D eigenvalue weighted by atomic mass is 9.63. The van der Waals surface area contributed by atoms with E-state index in [1.807, 2.05) is 30.0 Å². The lowest BCUT2D eigenvalue weighted by Crippen LogP contribution is -2.47. The van der Waals surface area contributed by atoms with Gasteiger partial charge in [0.1, 0.15) is 17.3 Å². The summed E-state index contributed by atoms with van der Waals surface area (Å²) in [6.45, 7) is 8.17. The maximum absolute atomic E-state index is 13.7. The van der Waals surface area contributed by atoms with Crippen LogP contribution in [-0.2, 0) is 14.3 Å². The zero-order valence-corrected chi connectivity index (χ0v) is 19.6. The third-order valence-electron chi connectivity index (χ3n) is 6.67. The van der Waals surface area contributed by atoms with E-state index >= 15 is 0 Å². The van der Waals surface area contributed by atoms with E-state index in [0.717, 1.165) is 17.7 Å². The highest BCUT2D eigenvalue weighted by Crippen LogP contribution is 2.49. The number of morpholine rings is 1. The van der Waals surface area contributed by atoms with Crippen LogP contribution in [0, 0.1) is 11.3 Å². The first-order chi connectivity index (χ1) is 15.3. The van der Waals surface area contributed by atoms with E-state index in [-0.39, 0.29) is 17.1 Å². The number of allylic oxidation sites excluding steroid dienone is 1. The summed E-state index contributed by atoms with van der Waals surface area (Å²) in [7, 11) is 3.20. The summed E-state index contributed by atoms with van der Waals surface area (Å²) < 4.78 is 16.5. The van der Waals surface area contributed by atoms with Crippen molar-refractivity contribution in [2.75, 3.05) is 40.5 Å². The molecule has 3 aliphatic rings. The summed E-state index contributed by atoms with van der Waals surface area (Å²) in [5.74, 6) is 0.412. The van der Waals surface area contributed by atoms with E-state index in [4.69, 9.17) is 19.2 Å². The second-order valence-electron chi connectivity index (χ2n) is 9.55. The Labute approximate surface area is 189 Å². The quantitative estimate of drug-likeness (QED) is 0.717. The van der Waals surface area contributed by atoms with Crippen molar-refractivity contribution in [3.05, 3.63) is 35.0 Å².